The molecule has 0 unspecified atom stereocenters. The monoisotopic (exact) mass is 294 g/mol. The van der Waals surface area contributed by atoms with E-state index in [0.29, 0.717) is 12.3 Å². The number of nitrogen functional groups attached to an aromatic ring is 1. The topological polar surface area (TPSA) is 46.3 Å². The quantitative estimate of drug-likeness (QED) is 0.722. The Bertz CT molecular complexity index is 477. The molecule has 1 aromatic rings. The van der Waals surface area contributed by atoms with Crippen LogP contribution in [0.4, 0.5) is 10.7 Å². The molecule has 1 aliphatic carbocycles. The van der Waals surface area contributed by atoms with Gasteiger partial charge in [0, 0.05) is 25.1 Å². The Morgan fingerprint density at radius 1 is 1.35 bits per heavy atom. The van der Waals surface area contributed by atoms with Crippen LogP contribution in [-0.4, -0.2) is 18.9 Å². The second-order valence-corrected chi connectivity index (χ2v) is 6.55. The van der Waals surface area contributed by atoms with E-state index in [2.05, 4.69) is 18.7 Å². The first-order valence-electron chi connectivity index (χ1n) is 7.84. The van der Waals surface area contributed by atoms with Gasteiger partial charge in [0.2, 0.25) is 0 Å². The lowest BCUT2D eigenvalue weighted by Crippen LogP contribution is -2.23. The first-order valence-corrected chi connectivity index (χ1v) is 8.65. The molecule has 1 aliphatic rings. The van der Waals surface area contributed by atoms with Crippen LogP contribution in [0.15, 0.2) is 0 Å². The molecule has 2 rings (SSSR count). The molecule has 0 amide bonds. The van der Waals surface area contributed by atoms with E-state index < -0.39 is 0 Å². The Balaban J connectivity index is 2.37. The van der Waals surface area contributed by atoms with Gasteiger partial charge in [-0.05, 0) is 32.1 Å². The summed E-state index contributed by atoms with van der Waals surface area (Å²) in [5, 5.41) is 1.26. The molecule has 0 radical (unpaired) electrons. The van der Waals surface area contributed by atoms with E-state index in [9.17, 15) is 4.79 Å². The van der Waals surface area contributed by atoms with Gasteiger partial charge in [-0.1, -0.05) is 20.3 Å². The molecule has 1 heterocycles. The van der Waals surface area contributed by atoms with Gasteiger partial charge in [0.25, 0.3) is 0 Å². The van der Waals surface area contributed by atoms with Crippen molar-refractivity contribution in [2.45, 2.75) is 58.8 Å². The minimum absolute atomic E-state index is 0.187. The van der Waals surface area contributed by atoms with E-state index in [1.54, 1.807) is 11.3 Å². The lowest BCUT2D eigenvalue weighted by molar-refractivity contribution is 0.0993. The maximum Gasteiger partial charge on any atom is 0.174 e. The largest absolute Gasteiger partial charge is 0.397 e. The van der Waals surface area contributed by atoms with E-state index in [4.69, 9.17) is 5.73 Å². The van der Waals surface area contributed by atoms with Crippen molar-refractivity contribution >= 4 is 27.8 Å². The van der Waals surface area contributed by atoms with Crippen LogP contribution >= 0.6 is 11.3 Å². The predicted molar refractivity (Wildman–Crippen MR) is 88.1 cm³/mol. The van der Waals surface area contributed by atoms with Gasteiger partial charge in [0.15, 0.2) is 5.78 Å². The molecule has 0 aromatic carbocycles. The molecule has 1 saturated carbocycles. The van der Waals surface area contributed by atoms with Crippen molar-refractivity contribution in [1.29, 1.82) is 0 Å². The fourth-order valence-electron chi connectivity index (χ4n) is 2.57. The molecule has 4 heteroatoms. The van der Waals surface area contributed by atoms with Crippen molar-refractivity contribution in [3.05, 3.63) is 10.4 Å². The fourth-order valence-corrected chi connectivity index (χ4v) is 3.97. The summed E-state index contributed by atoms with van der Waals surface area (Å²) in [4.78, 5) is 15.3. The molecule has 2 N–H and O–H groups in total. The number of nitrogens with zero attached hydrogens (tertiary/aromatic N) is 1. The molecular weight excluding hydrogens is 268 g/mol. The standard InChI is InChI=1S/C16H26N2OS/c1-4-7-10-18(6-3)16-13(11-8-9-11)14(17)15(20-16)12(19)5-2/h11H,4-10,17H2,1-3H3. The highest BCUT2D eigenvalue weighted by Gasteiger charge is 2.33. The third-order valence-corrected chi connectivity index (χ3v) is 5.30. The summed E-state index contributed by atoms with van der Waals surface area (Å²) in [5.74, 6) is 0.780. The fraction of sp³-hybridized carbons (Fsp3) is 0.688. The zero-order valence-electron chi connectivity index (χ0n) is 12.9. The summed E-state index contributed by atoms with van der Waals surface area (Å²) in [6.45, 7) is 8.35. The number of anilines is 2. The number of nitrogens with two attached hydrogens (primary N) is 1. The molecule has 20 heavy (non-hydrogen) atoms. The van der Waals surface area contributed by atoms with E-state index in [1.165, 1.54) is 36.2 Å². The van der Waals surface area contributed by atoms with Crippen LogP contribution < -0.4 is 10.6 Å². The Kier molecular flexibility index (Phi) is 5.08. The lowest BCUT2D eigenvalue weighted by atomic mass is 10.1. The average Bonchev–Trinajstić information content (AvgIpc) is 3.23. The van der Waals surface area contributed by atoms with Gasteiger partial charge in [-0.2, -0.15) is 0 Å². The van der Waals surface area contributed by atoms with Crippen molar-refractivity contribution in [1.82, 2.24) is 0 Å². The number of hydrogen-bond acceptors (Lipinski definition) is 4. The number of hydrogen-bond donors (Lipinski definition) is 1. The van der Waals surface area contributed by atoms with Crippen molar-refractivity contribution in [3.8, 4) is 0 Å². The Hall–Kier alpha value is -1.03. The maximum atomic E-state index is 12.1. The second-order valence-electron chi connectivity index (χ2n) is 5.55. The van der Waals surface area contributed by atoms with Crippen LogP contribution in [0, 0.1) is 0 Å². The van der Waals surface area contributed by atoms with Crippen molar-refractivity contribution in [2.24, 2.45) is 0 Å². The van der Waals surface area contributed by atoms with Crippen molar-refractivity contribution < 1.29 is 4.79 Å². The van der Waals surface area contributed by atoms with E-state index >= 15 is 0 Å². The SMILES string of the molecule is CCCCN(CC)c1sc(C(=O)CC)c(N)c1C1CC1. The summed E-state index contributed by atoms with van der Waals surface area (Å²) in [6, 6.07) is 0. The van der Waals surface area contributed by atoms with Crippen molar-refractivity contribution in [2.75, 3.05) is 23.7 Å². The number of thiophene rings is 1. The van der Waals surface area contributed by atoms with Crippen LogP contribution in [0.1, 0.15) is 74.0 Å². The highest BCUT2D eigenvalue weighted by atomic mass is 32.1. The number of ketones is 1. The first-order chi connectivity index (χ1) is 9.63. The third-order valence-electron chi connectivity index (χ3n) is 3.97. The molecule has 1 aromatic heterocycles. The van der Waals surface area contributed by atoms with Crippen molar-refractivity contribution in [3.63, 3.8) is 0 Å². The first kappa shape index (κ1) is 15.4. The Morgan fingerprint density at radius 3 is 2.55 bits per heavy atom. The van der Waals surface area contributed by atoms with Gasteiger partial charge >= 0.3 is 0 Å². The highest BCUT2D eigenvalue weighted by molar-refractivity contribution is 7.19. The van der Waals surface area contributed by atoms with Gasteiger partial charge in [0.1, 0.15) is 0 Å². The summed E-state index contributed by atoms with van der Waals surface area (Å²) >= 11 is 1.62. The molecular formula is C16H26N2OS. The Labute approximate surface area is 126 Å². The van der Waals surface area contributed by atoms with Gasteiger partial charge in [-0.3, -0.25) is 4.79 Å². The number of Topliss-reactive ketones (excluding diaryl/α,β-unsaturated/α-hetero) is 1. The van der Waals surface area contributed by atoms with Crippen LogP contribution in [-0.2, 0) is 0 Å². The highest BCUT2D eigenvalue weighted by Crippen LogP contribution is 2.52. The van der Waals surface area contributed by atoms with Gasteiger partial charge in [-0.15, -0.1) is 11.3 Å². The molecule has 112 valence electrons. The van der Waals surface area contributed by atoms with Crippen LogP contribution in [0.2, 0.25) is 0 Å². The Morgan fingerprint density at radius 2 is 2.05 bits per heavy atom. The molecule has 1 fully saturated rings. The average molecular weight is 294 g/mol. The van der Waals surface area contributed by atoms with E-state index in [0.717, 1.165) is 23.7 Å². The minimum Gasteiger partial charge on any atom is -0.397 e. The molecule has 0 atom stereocenters. The summed E-state index contributed by atoms with van der Waals surface area (Å²) in [5.41, 5.74) is 8.35. The van der Waals surface area contributed by atoms with Crippen LogP contribution in [0.5, 0.6) is 0 Å². The zero-order valence-corrected chi connectivity index (χ0v) is 13.7. The van der Waals surface area contributed by atoms with E-state index in [-0.39, 0.29) is 5.78 Å². The summed E-state index contributed by atoms with van der Waals surface area (Å²) < 4.78 is 0. The number of rotatable bonds is 8. The van der Waals surface area contributed by atoms with Gasteiger partial charge in [0.05, 0.1) is 15.6 Å². The smallest absolute Gasteiger partial charge is 0.174 e. The second kappa shape index (κ2) is 6.61. The molecule has 0 saturated heterocycles. The van der Waals surface area contributed by atoms with Gasteiger partial charge in [-0.25, -0.2) is 0 Å². The van der Waals surface area contributed by atoms with E-state index in [1.807, 2.05) is 6.92 Å². The number of unbranched alkanes of at least 4 members (excludes halogenated alkanes) is 1. The lowest BCUT2D eigenvalue weighted by Gasteiger charge is -2.22. The maximum absolute atomic E-state index is 12.1. The molecule has 0 aliphatic heterocycles. The summed E-state index contributed by atoms with van der Waals surface area (Å²) in [7, 11) is 0. The summed E-state index contributed by atoms with van der Waals surface area (Å²) in [6.07, 6.45) is 5.36. The zero-order chi connectivity index (χ0) is 14.7. The van der Waals surface area contributed by atoms with Crippen LogP contribution in [0.3, 0.4) is 0 Å². The van der Waals surface area contributed by atoms with Crippen LogP contribution in [0.25, 0.3) is 0 Å². The number of carbonyl (C=O) groups excluding carboxylic acids is 1. The minimum atomic E-state index is 0.187. The van der Waals surface area contributed by atoms with Gasteiger partial charge < -0.3 is 10.6 Å². The normalized spacial score (nSPS) is 14.6. The molecule has 0 spiro atoms. The molecule has 0 bridgehead atoms. The predicted octanol–water partition coefficient (Wildman–Crippen LogP) is 4.43. The third kappa shape index (κ3) is 3.00. The number of carbonyl (C=O) groups is 1. The molecule has 3 nitrogen and oxygen atoms in total.